The topological polar surface area (TPSA) is 34.1 Å². The van der Waals surface area contributed by atoms with Crippen molar-refractivity contribution in [2.45, 2.75) is 26.3 Å². The molecular formula is C16H20N2O. The maximum atomic E-state index is 5.56. The van der Waals surface area contributed by atoms with E-state index in [-0.39, 0.29) is 6.04 Å². The Bertz CT molecular complexity index is 482. The van der Waals surface area contributed by atoms with Crippen LogP contribution in [0.15, 0.2) is 48.7 Å². The first-order valence-electron chi connectivity index (χ1n) is 6.70. The summed E-state index contributed by atoms with van der Waals surface area (Å²) < 4.78 is 5.56. The number of anilines is 1. The molecule has 0 saturated carbocycles. The lowest BCUT2D eigenvalue weighted by Crippen LogP contribution is -2.08. The molecular weight excluding hydrogens is 236 g/mol. The van der Waals surface area contributed by atoms with Gasteiger partial charge in [0.05, 0.1) is 18.3 Å². The minimum absolute atomic E-state index is 0.184. The fraction of sp³-hybridized carbons (Fsp3) is 0.312. The summed E-state index contributed by atoms with van der Waals surface area (Å²) >= 11 is 0. The van der Waals surface area contributed by atoms with Crippen LogP contribution in [0.1, 0.15) is 32.0 Å². The molecule has 0 fully saturated rings. The highest BCUT2D eigenvalue weighted by Gasteiger charge is 2.05. The second-order valence-electron chi connectivity index (χ2n) is 4.49. The molecule has 0 amide bonds. The summed E-state index contributed by atoms with van der Waals surface area (Å²) in [7, 11) is 0. The van der Waals surface area contributed by atoms with Gasteiger partial charge in [0.25, 0.3) is 0 Å². The predicted octanol–water partition coefficient (Wildman–Crippen LogP) is 4.04. The molecule has 0 radical (unpaired) electrons. The lowest BCUT2D eigenvalue weighted by atomic mass is 10.2. The third-order valence-electron chi connectivity index (χ3n) is 2.84. The average molecular weight is 256 g/mol. The molecule has 0 aliphatic carbocycles. The number of pyridine rings is 1. The molecule has 3 heteroatoms. The van der Waals surface area contributed by atoms with Crippen molar-refractivity contribution >= 4 is 5.69 Å². The normalized spacial score (nSPS) is 11.9. The van der Waals surface area contributed by atoms with Crippen LogP contribution >= 0.6 is 0 Å². The van der Waals surface area contributed by atoms with Gasteiger partial charge in [-0.2, -0.15) is 0 Å². The van der Waals surface area contributed by atoms with Crippen LogP contribution in [0, 0.1) is 0 Å². The summed E-state index contributed by atoms with van der Waals surface area (Å²) in [5.74, 6) is 0.915. The van der Waals surface area contributed by atoms with Gasteiger partial charge in [-0.3, -0.25) is 4.98 Å². The maximum Gasteiger partial charge on any atom is 0.119 e. The molecule has 2 rings (SSSR count). The molecule has 19 heavy (non-hydrogen) atoms. The van der Waals surface area contributed by atoms with Gasteiger partial charge in [0, 0.05) is 11.9 Å². The molecule has 3 nitrogen and oxygen atoms in total. The van der Waals surface area contributed by atoms with Gasteiger partial charge in [0.15, 0.2) is 0 Å². The summed E-state index contributed by atoms with van der Waals surface area (Å²) in [5.41, 5.74) is 2.11. The predicted molar refractivity (Wildman–Crippen MR) is 78.5 cm³/mol. The molecule has 1 heterocycles. The third-order valence-corrected chi connectivity index (χ3v) is 2.84. The van der Waals surface area contributed by atoms with E-state index in [1.807, 2.05) is 48.7 Å². The van der Waals surface area contributed by atoms with E-state index in [1.165, 1.54) is 0 Å². The molecule has 0 saturated heterocycles. The van der Waals surface area contributed by atoms with Gasteiger partial charge >= 0.3 is 0 Å². The number of aromatic nitrogens is 1. The Kier molecular flexibility index (Phi) is 4.78. The zero-order valence-electron chi connectivity index (χ0n) is 11.5. The van der Waals surface area contributed by atoms with Gasteiger partial charge in [-0.25, -0.2) is 0 Å². The molecule has 1 unspecified atom stereocenters. The van der Waals surface area contributed by atoms with Crippen LogP contribution in [-0.2, 0) is 0 Å². The van der Waals surface area contributed by atoms with Gasteiger partial charge in [-0.05, 0) is 49.7 Å². The molecule has 2 aromatic rings. The number of nitrogens with one attached hydrogen (secondary N) is 1. The quantitative estimate of drug-likeness (QED) is 0.846. The van der Waals surface area contributed by atoms with E-state index in [1.54, 1.807) is 0 Å². The number of benzene rings is 1. The Morgan fingerprint density at radius 2 is 1.95 bits per heavy atom. The van der Waals surface area contributed by atoms with Crippen LogP contribution < -0.4 is 10.1 Å². The van der Waals surface area contributed by atoms with Gasteiger partial charge in [-0.15, -0.1) is 0 Å². The van der Waals surface area contributed by atoms with Crippen LogP contribution in [0.2, 0.25) is 0 Å². The zero-order chi connectivity index (χ0) is 13.5. The highest BCUT2D eigenvalue weighted by atomic mass is 16.5. The molecule has 0 bridgehead atoms. The van der Waals surface area contributed by atoms with Gasteiger partial charge in [0.1, 0.15) is 5.75 Å². The van der Waals surface area contributed by atoms with Crippen molar-refractivity contribution in [1.82, 2.24) is 4.98 Å². The maximum absolute atomic E-state index is 5.56. The Balaban J connectivity index is 1.96. The van der Waals surface area contributed by atoms with Crippen molar-refractivity contribution in [3.05, 3.63) is 54.4 Å². The minimum atomic E-state index is 0.184. The first-order valence-corrected chi connectivity index (χ1v) is 6.70. The van der Waals surface area contributed by atoms with E-state index in [0.29, 0.717) is 0 Å². The summed E-state index contributed by atoms with van der Waals surface area (Å²) in [6, 6.07) is 14.2. The lowest BCUT2D eigenvalue weighted by molar-refractivity contribution is 0.317. The van der Waals surface area contributed by atoms with Crippen LogP contribution in [0.4, 0.5) is 5.69 Å². The third kappa shape index (κ3) is 3.98. The van der Waals surface area contributed by atoms with Crippen molar-refractivity contribution in [2.75, 3.05) is 11.9 Å². The molecule has 0 spiro atoms. The lowest BCUT2D eigenvalue weighted by Gasteiger charge is -2.15. The van der Waals surface area contributed by atoms with Crippen molar-refractivity contribution in [1.29, 1.82) is 0 Å². The van der Waals surface area contributed by atoms with Gasteiger partial charge < -0.3 is 10.1 Å². The standard InChI is InChI=1S/C16H20N2O/c1-3-12-19-15-9-7-14(8-10-15)18-13(2)16-6-4-5-11-17-16/h4-11,13,18H,3,12H2,1-2H3. The SMILES string of the molecule is CCCOc1ccc(NC(C)c2ccccn2)cc1. The van der Waals surface area contributed by atoms with E-state index in [2.05, 4.69) is 24.1 Å². The summed E-state index contributed by atoms with van der Waals surface area (Å²) in [6.45, 7) is 4.96. The van der Waals surface area contributed by atoms with Crippen LogP contribution in [-0.4, -0.2) is 11.6 Å². The molecule has 1 atom stereocenters. The summed E-state index contributed by atoms with van der Waals surface area (Å²) in [6.07, 6.45) is 2.84. The Labute approximate surface area is 114 Å². The summed E-state index contributed by atoms with van der Waals surface area (Å²) in [5, 5.41) is 3.42. The molecule has 1 N–H and O–H groups in total. The Morgan fingerprint density at radius 3 is 2.58 bits per heavy atom. The Morgan fingerprint density at radius 1 is 1.16 bits per heavy atom. The molecule has 0 aliphatic rings. The highest BCUT2D eigenvalue weighted by molar-refractivity contribution is 5.47. The van der Waals surface area contributed by atoms with Crippen LogP contribution in [0.3, 0.4) is 0 Å². The average Bonchev–Trinajstić information content (AvgIpc) is 2.47. The second-order valence-corrected chi connectivity index (χ2v) is 4.49. The number of hydrogen-bond donors (Lipinski definition) is 1. The smallest absolute Gasteiger partial charge is 0.119 e. The van der Waals surface area contributed by atoms with Crippen molar-refractivity contribution in [3.8, 4) is 5.75 Å². The largest absolute Gasteiger partial charge is 0.494 e. The van der Waals surface area contributed by atoms with E-state index in [9.17, 15) is 0 Å². The molecule has 0 aliphatic heterocycles. The first kappa shape index (κ1) is 13.4. The minimum Gasteiger partial charge on any atom is -0.494 e. The second kappa shape index (κ2) is 6.78. The molecule has 100 valence electrons. The number of nitrogens with zero attached hydrogens (tertiary/aromatic N) is 1. The van der Waals surface area contributed by atoms with E-state index < -0.39 is 0 Å². The zero-order valence-corrected chi connectivity index (χ0v) is 11.5. The monoisotopic (exact) mass is 256 g/mol. The first-order chi connectivity index (χ1) is 9.29. The highest BCUT2D eigenvalue weighted by Crippen LogP contribution is 2.20. The van der Waals surface area contributed by atoms with Crippen molar-refractivity contribution in [3.63, 3.8) is 0 Å². The number of ether oxygens (including phenoxy) is 1. The van der Waals surface area contributed by atoms with Gasteiger partial charge in [-0.1, -0.05) is 13.0 Å². The van der Waals surface area contributed by atoms with E-state index in [0.717, 1.165) is 30.2 Å². The van der Waals surface area contributed by atoms with Crippen molar-refractivity contribution in [2.24, 2.45) is 0 Å². The fourth-order valence-electron chi connectivity index (χ4n) is 1.82. The summed E-state index contributed by atoms with van der Waals surface area (Å²) in [4.78, 5) is 4.35. The Hall–Kier alpha value is -2.03. The van der Waals surface area contributed by atoms with Crippen LogP contribution in [0.5, 0.6) is 5.75 Å². The number of rotatable bonds is 6. The fourth-order valence-corrected chi connectivity index (χ4v) is 1.82. The molecule has 1 aromatic carbocycles. The number of hydrogen-bond acceptors (Lipinski definition) is 3. The van der Waals surface area contributed by atoms with Crippen LogP contribution in [0.25, 0.3) is 0 Å². The molecule has 1 aromatic heterocycles. The van der Waals surface area contributed by atoms with E-state index >= 15 is 0 Å². The van der Waals surface area contributed by atoms with Gasteiger partial charge in [0.2, 0.25) is 0 Å². The van der Waals surface area contributed by atoms with E-state index in [4.69, 9.17) is 4.74 Å². The van der Waals surface area contributed by atoms with Crippen molar-refractivity contribution < 1.29 is 4.74 Å².